The lowest BCUT2D eigenvalue weighted by molar-refractivity contribution is 0.950. The predicted molar refractivity (Wildman–Crippen MR) is 77.3 cm³/mol. The quantitative estimate of drug-likeness (QED) is 0.377. The minimum Gasteiger partial charge on any atom is -0.0619 e. The second-order valence-corrected chi connectivity index (χ2v) is 5.39. The Kier molecular flexibility index (Phi) is 1.50. The standard InChI is InChI=1S/C19H12/c1-3-9-15-13(7-1)14-8-2-4-10-16(14)19(15)17-11-5-6-12-18(17)19/h1-12H. The van der Waals surface area contributed by atoms with Crippen LogP contribution in [-0.2, 0) is 5.41 Å². The lowest BCUT2D eigenvalue weighted by Gasteiger charge is -2.12. The molecular weight excluding hydrogens is 228 g/mol. The molecule has 3 aromatic rings. The van der Waals surface area contributed by atoms with Gasteiger partial charge in [0.2, 0.25) is 0 Å². The molecule has 0 bridgehead atoms. The number of benzene rings is 3. The van der Waals surface area contributed by atoms with E-state index < -0.39 is 0 Å². The maximum absolute atomic E-state index is 2.29. The molecule has 2 aliphatic rings. The predicted octanol–water partition coefficient (Wildman–Crippen LogP) is 4.36. The van der Waals surface area contributed by atoms with Gasteiger partial charge in [-0.3, -0.25) is 0 Å². The van der Waals surface area contributed by atoms with Gasteiger partial charge in [0.25, 0.3) is 0 Å². The van der Waals surface area contributed by atoms with Crippen LogP contribution in [0.4, 0.5) is 0 Å². The molecule has 3 aromatic carbocycles. The monoisotopic (exact) mass is 240 g/mol. The van der Waals surface area contributed by atoms with Gasteiger partial charge in [0.1, 0.15) is 0 Å². The molecule has 0 saturated heterocycles. The summed E-state index contributed by atoms with van der Waals surface area (Å²) >= 11 is 0. The molecule has 88 valence electrons. The molecule has 0 nitrogen and oxygen atoms in total. The van der Waals surface area contributed by atoms with Crippen molar-refractivity contribution in [2.24, 2.45) is 0 Å². The Morgan fingerprint density at radius 3 is 1.26 bits per heavy atom. The highest BCUT2D eigenvalue weighted by atomic mass is 14.6. The van der Waals surface area contributed by atoms with E-state index in [2.05, 4.69) is 72.8 Å². The summed E-state index contributed by atoms with van der Waals surface area (Å²) in [6, 6.07) is 26.5. The Morgan fingerprint density at radius 2 is 0.789 bits per heavy atom. The van der Waals surface area contributed by atoms with E-state index in [1.165, 1.54) is 33.4 Å². The van der Waals surface area contributed by atoms with Crippen molar-refractivity contribution >= 4 is 0 Å². The topological polar surface area (TPSA) is 0 Å². The van der Waals surface area contributed by atoms with Crippen LogP contribution in [0.5, 0.6) is 0 Å². The summed E-state index contributed by atoms with van der Waals surface area (Å²) in [5.74, 6) is 0. The van der Waals surface area contributed by atoms with Crippen LogP contribution in [0.1, 0.15) is 22.3 Å². The molecule has 0 heterocycles. The fourth-order valence-electron chi connectivity index (χ4n) is 3.87. The van der Waals surface area contributed by atoms with Crippen LogP contribution in [0, 0.1) is 0 Å². The normalized spacial score (nSPS) is 15.8. The van der Waals surface area contributed by atoms with Crippen LogP contribution < -0.4 is 0 Å². The summed E-state index contributed by atoms with van der Waals surface area (Å²) < 4.78 is 0. The van der Waals surface area contributed by atoms with E-state index in [-0.39, 0.29) is 5.41 Å². The first-order valence-corrected chi connectivity index (χ1v) is 6.73. The molecule has 0 amide bonds. The smallest absolute Gasteiger partial charge is 0.0619 e. The number of fused-ring (bicyclic) bond motifs is 8. The first-order valence-electron chi connectivity index (χ1n) is 6.73. The van der Waals surface area contributed by atoms with E-state index in [0.717, 1.165) is 0 Å². The van der Waals surface area contributed by atoms with Crippen molar-refractivity contribution in [1.29, 1.82) is 0 Å². The van der Waals surface area contributed by atoms with Crippen molar-refractivity contribution < 1.29 is 0 Å². The summed E-state index contributed by atoms with van der Waals surface area (Å²) in [4.78, 5) is 0. The highest BCUT2D eigenvalue weighted by Gasteiger charge is 2.57. The van der Waals surface area contributed by atoms with Crippen molar-refractivity contribution in [2.45, 2.75) is 5.41 Å². The molecule has 0 saturated carbocycles. The Morgan fingerprint density at radius 1 is 0.421 bits per heavy atom. The molecule has 19 heavy (non-hydrogen) atoms. The van der Waals surface area contributed by atoms with Crippen LogP contribution >= 0.6 is 0 Å². The minimum absolute atomic E-state index is 0.0662. The van der Waals surface area contributed by atoms with Gasteiger partial charge in [-0.05, 0) is 33.4 Å². The Bertz CT molecular complexity index is 756. The van der Waals surface area contributed by atoms with Gasteiger partial charge in [-0.1, -0.05) is 72.8 Å². The van der Waals surface area contributed by atoms with Crippen molar-refractivity contribution in [3.63, 3.8) is 0 Å². The molecule has 0 fully saturated rings. The number of rotatable bonds is 0. The molecule has 0 radical (unpaired) electrons. The third-order valence-corrected chi connectivity index (χ3v) is 4.62. The maximum Gasteiger partial charge on any atom is 0.0720 e. The fraction of sp³-hybridized carbons (Fsp3) is 0.0526. The van der Waals surface area contributed by atoms with E-state index in [1.54, 1.807) is 0 Å². The van der Waals surface area contributed by atoms with Gasteiger partial charge in [-0.25, -0.2) is 0 Å². The summed E-state index contributed by atoms with van der Waals surface area (Å²) in [7, 11) is 0. The molecule has 0 aliphatic heterocycles. The van der Waals surface area contributed by atoms with E-state index in [9.17, 15) is 0 Å². The summed E-state index contributed by atoms with van der Waals surface area (Å²) in [5.41, 5.74) is 8.73. The van der Waals surface area contributed by atoms with Gasteiger partial charge in [-0.15, -0.1) is 0 Å². The Hall–Kier alpha value is -2.34. The zero-order valence-corrected chi connectivity index (χ0v) is 10.4. The largest absolute Gasteiger partial charge is 0.0720 e. The average Bonchev–Trinajstić information content (AvgIpc) is 3.07. The van der Waals surface area contributed by atoms with Crippen LogP contribution in [0.3, 0.4) is 0 Å². The summed E-state index contributed by atoms with van der Waals surface area (Å²) in [5, 5.41) is 0. The van der Waals surface area contributed by atoms with Gasteiger partial charge in [0, 0.05) is 0 Å². The molecule has 1 spiro atoms. The van der Waals surface area contributed by atoms with Gasteiger partial charge in [0.05, 0.1) is 5.41 Å². The summed E-state index contributed by atoms with van der Waals surface area (Å²) in [6.07, 6.45) is 0. The zero-order chi connectivity index (χ0) is 12.4. The molecule has 2 aliphatic carbocycles. The van der Waals surface area contributed by atoms with Gasteiger partial charge in [-0.2, -0.15) is 0 Å². The fourth-order valence-corrected chi connectivity index (χ4v) is 3.87. The average molecular weight is 240 g/mol. The lowest BCUT2D eigenvalue weighted by atomic mass is 9.89. The van der Waals surface area contributed by atoms with E-state index in [4.69, 9.17) is 0 Å². The van der Waals surface area contributed by atoms with Gasteiger partial charge >= 0.3 is 0 Å². The van der Waals surface area contributed by atoms with E-state index >= 15 is 0 Å². The van der Waals surface area contributed by atoms with Gasteiger partial charge in [0.15, 0.2) is 0 Å². The van der Waals surface area contributed by atoms with Crippen molar-refractivity contribution in [1.82, 2.24) is 0 Å². The number of hydrogen-bond acceptors (Lipinski definition) is 0. The second kappa shape index (κ2) is 2.97. The third-order valence-electron chi connectivity index (χ3n) is 4.62. The zero-order valence-electron chi connectivity index (χ0n) is 10.4. The van der Waals surface area contributed by atoms with Crippen molar-refractivity contribution in [3.8, 4) is 11.1 Å². The first-order chi connectivity index (χ1) is 9.44. The van der Waals surface area contributed by atoms with Crippen LogP contribution in [0.2, 0.25) is 0 Å². The third kappa shape index (κ3) is 0.910. The van der Waals surface area contributed by atoms with Gasteiger partial charge < -0.3 is 0 Å². The molecule has 0 unspecified atom stereocenters. The van der Waals surface area contributed by atoms with Crippen LogP contribution in [0.25, 0.3) is 11.1 Å². The minimum atomic E-state index is 0.0662. The van der Waals surface area contributed by atoms with E-state index in [1.807, 2.05) is 0 Å². The lowest BCUT2D eigenvalue weighted by Crippen LogP contribution is -2.07. The van der Waals surface area contributed by atoms with Crippen molar-refractivity contribution in [3.05, 3.63) is 95.1 Å². The first kappa shape index (κ1) is 9.57. The Labute approximate surface area is 112 Å². The number of hydrogen-bond donors (Lipinski definition) is 0. The SMILES string of the molecule is c1ccc2c(c1)-c1ccccc1C21c2ccccc21. The molecule has 0 aromatic heterocycles. The molecular formula is C19H12. The molecule has 5 rings (SSSR count). The molecule has 0 N–H and O–H groups in total. The maximum atomic E-state index is 2.29. The molecule has 0 heteroatoms. The van der Waals surface area contributed by atoms with Crippen LogP contribution in [0.15, 0.2) is 72.8 Å². The molecule has 0 atom stereocenters. The highest BCUT2D eigenvalue weighted by Crippen LogP contribution is 2.65. The van der Waals surface area contributed by atoms with Crippen molar-refractivity contribution in [2.75, 3.05) is 0 Å². The van der Waals surface area contributed by atoms with Crippen LogP contribution in [-0.4, -0.2) is 0 Å². The second-order valence-electron chi connectivity index (χ2n) is 5.39. The summed E-state index contributed by atoms with van der Waals surface area (Å²) in [6.45, 7) is 0. The van der Waals surface area contributed by atoms with E-state index in [0.29, 0.717) is 0 Å². The Balaban J connectivity index is 1.95. The highest BCUT2D eigenvalue weighted by molar-refractivity contribution is 5.92.